The Bertz CT molecular complexity index is 2260. The Morgan fingerprint density at radius 1 is 0.288 bits per heavy atom. The van der Waals surface area contributed by atoms with E-state index in [2.05, 4.69) is 127 Å². The molecule has 111 heavy (non-hydrogen) atoms. The van der Waals surface area contributed by atoms with Crippen LogP contribution < -0.4 is 0 Å². The summed E-state index contributed by atoms with van der Waals surface area (Å²) in [5.41, 5.74) is 19.0. The SMILES string of the molecule is CCCCCCCCCCCCCCCCCCCC=CCCc1ccccc1C(=C(CCCCCC)C(=C=[N+]=[N-])CCCC)c1cccc(CCCCC)c1.CCCCCCCCCCCCCCCCCCCCCCCCCC[CH2][Ni][CH2]CCCCCCCCCCCCCCCCCCCCCCCCCC. The quantitative estimate of drug-likeness (QED) is 0.0120. The van der Waals surface area contributed by atoms with E-state index >= 15 is 0 Å². The van der Waals surface area contributed by atoms with Crippen molar-refractivity contribution >= 4 is 11.4 Å². The van der Waals surface area contributed by atoms with E-state index in [1.54, 1.807) is 0 Å². The second-order valence-corrected chi connectivity index (χ2v) is 36.7. The molecule has 0 unspecified atom stereocenters. The molecule has 0 spiro atoms. The second kappa shape index (κ2) is 91.5. The van der Waals surface area contributed by atoms with Crippen molar-refractivity contribution in [3.8, 4) is 0 Å². The van der Waals surface area contributed by atoms with E-state index < -0.39 is 0 Å². The zero-order valence-corrected chi connectivity index (χ0v) is 77.4. The van der Waals surface area contributed by atoms with E-state index in [4.69, 9.17) is 0 Å². The number of rotatable bonds is 88. The van der Waals surface area contributed by atoms with Gasteiger partial charge in [0.05, 0.1) is 5.57 Å². The maximum atomic E-state index is 9.84. The summed E-state index contributed by atoms with van der Waals surface area (Å²) in [6.07, 6.45) is 120. The van der Waals surface area contributed by atoms with Crippen molar-refractivity contribution in [2.75, 3.05) is 0 Å². The normalized spacial score (nSPS) is 11.8. The van der Waals surface area contributed by atoms with E-state index in [0.717, 1.165) is 56.9 Å². The van der Waals surface area contributed by atoms with Crippen LogP contribution in [-0.2, 0) is 27.3 Å². The maximum absolute atomic E-state index is 9.84. The van der Waals surface area contributed by atoms with Crippen LogP contribution in [0.2, 0.25) is 10.8 Å². The molecule has 0 radical (unpaired) electrons. The van der Waals surface area contributed by atoms with Crippen molar-refractivity contribution in [3.63, 3.8) is 0 Å². The summed E-state index contributed by atoms with van der Waals surface area (Å²) < 4.78 is 0. The van der Waals surface area contributed by atoms with Gasteiger partial charge in [-0.05, 0) is 97.6 Å². The molecule has 2 nitrogen and oxygen atoms in total. The van der Waals surface area contributed by atoms with Gasteiger partial charge in [-0.2, -0.15) is 0 Å². The minimum Gasteiger partial charge on any atom is -0.0654 e. The molecule has 0 aromatic heterocycles. The van der Waals surface area contributed by atoms with Gasteiger partial charge in [-0.25, -0.2) is 0 Å². The zero-order valence-electron chi connectivity index (χ0n) is 76.4. The summed E-state index contributed by atoms with van der Waals surface area (Å²) >= 11 is 2.05. The first kappa shape index (κ1) is 107. The molecule has 0 bridgehead atoms. The zero-order chi connectivity index (χ0) is 79.6. The van der Waals surface area contributed by atoms with Crippen LogP contribution in [0.1, 0.15) is 577 Å². The number of benzene rings is 2. The number of unbranched alkanes of at least 4 members (excludes halogenated alkanes) is 71. The van der Waals surface area contributed by atoms with Crippen molar-refractivity contribution in [1.29, 1.82) is 0 Å². The summed E-state index contributed by atoms with van der Waals surface area (Å²) in [5, 5.41) is 2.87. The summed E-state index contributed by atoms with van der Waals surface area (Å²) in [6.45, 7) is 13.7. The summed E-state index contributed by atoms with van der Waals surface area (Å²) in [6, 6.07) is 18.4. The average Bonchev–Trinajstić information content (AvgIpc) is 0.792. The molecule has 0 aliphatic heterocycles. The number of hydrogen-bond donors (Lipinski definition) is 0. The van der Waals surface area contributed by atoms with E-state index in [0.29, 0.717) is 0 Å². The van der Waals surface area contributed by atoms with Crippen LogP contribution >= 0.6 is 0 Å². The van der Waals surface area contributed by atoms with Gasteiger partial charge in [0, 0.05) is 0 Å². The molecule has 0 N–H and O–H groups in total. The van der Waals surface area contributed by atoms with Crippen LogP contribution in [0.5, 0.6) is 0 Å². The Morgan fingerprint density at radius 2 is 0.586 bits per heavy atom. The van der Waals surface area contributed by atoms with E-state index in [-0.39, 0.29) is 0 Å². The molecule has 2 aromatic rings. The fourth-order valence-electron chi connectivity index (χ4n) is 16.9. The van der Waals surface area contributed by atoms with Crippen molar-refractivity contribution in [2.24, 2.45) is 0 Å². The fraction of sp³-hybridized carbons (Fsp3) is 0.833. The molecule has 0 aliphatic rings. The third-order valence-corrected chi connectivity index (χ3v) is 25.8. The Labute approximate surface area is 704 Å². The first-order chi connectivity index (χ1) is 55.1. The molecular formula is C108H196N2Ni. The molecule has 3 heteroatoms. The number of aryl methyl sites for hydroxylation is 2. The minimum absolute atomic E-state index is 0.883. The summed E-state index contributed by atoms with van der Waals surface area (Å²) in [5.74, 6) is 3.09. The van der Waals surface area contributed by atoms with Gasteiger partial charge in [0.15, 0.2) is 0 Å². The van der Waals surface area contributed by atoms with Gasteiger partial charge in [0.25, 0.3) is 0 Å². The van der Waals surface area contributed by atoms with E-state index in [9.17, 15) is 5.53 Å². The van der Waals surface area contributed by atoms with Gasteiger partial charge in [-0.1, -0.05) is 423 Å². The third kappa shape index (κ3) is 73.7. The van der Waals surface area contributed by atoms with Crippen LogP contribution in [0.4, 0.5) is 0 Å². The molecule has 0 fully saturated rings. The Balaban J connectivity index is 0.00000111. The predicted molar refractivity (Wildman–Crippen MR) is 501 cm³/mol. The van der Waals surface area contributed by atoms with E-state index in [1.165, 1.54) is 519 Å². The monoisotopic (exact) mass is 1580 g/mol. The average molecular weight is 1580 g/mol. The van der Waals surface area contributed by atoms with Crippen molar-refractivity contribution in [1.82, 2.24) is 0 Å². The summed E-state index contributed by atoms with van der Waals surface area (Å²) in [4.78, 5) is 3.52. The van der Waals surface area contributed by atoms with Crippen molar-refractivity contribution in [2.45, 2.75) is 579 Å². The molecule has 0 saturated carbocycles. The first-order valence-electron chi connectivity index (χ1n) is 51.1. The molecule has 0 amide bonds. The molecule has 0 heterocycles. The number of allylic oxidation sites excluding steroid dienone is 4. The van der Waals surface area contributed by atoms with E-state index in [1.807, 2.05) is 0 Å². The van der Waals surface area contributed by atoms with Gasteiger partial charge >= 0.3 is 172 Å². The topological polar surface area (TPSA) is 36.4 Å². The minimum atomic E-state index is 0.883. The molecule has 2 aromatic carbocycles. The van der Waals surface area contributed by atoms with Crippen LogP contribution in [0.25, 0.3) is 11.1 Å². The molecule has 0 aliphatic carbocycles. The van der Waals surface area contributed by atoms with Gasteiger partial charge in [-0.3, -0.25) is 0 Å². The molecule has 0 atom stereocenters. The second-order valence-electron chi connectivity index (χ2n) is 35.2. The number of hydrogen-bond acceptors (Lipinski definition) is 0. The molecule has 2 rings (SSSR count). The van der Waals surface area contributed by atoms with Gasteiger partial charge < -0.3 is 5.53 Å². The standard InChI is InChI=1S/C54H86N2.2C27H55.Ni/c1-5-9-13-15-16-17-18-19-20-21-22-23-24-25-26-27-28-29-30-31-33-41-49-42-35-36-45-52(49)54(50-43-37-39-48(46-50)38-32-11-7-3)53(44-34-14-10-6-2)51(47-56-55)40-12-8-4;2*1-3-5-7-9-11-13-15-17-19-21-23-25-27-26-24-22-20-18-16-14-12-10-8-6-4-2;/h30-31,35-37,39,42-43,45-46H,5-29,32-34,38,40-41,44H2,1-4H3;2*1,3-27H2,2H3;. The fourth-order valence-corrected chi connectivity index (χ4v) is 18.1. The van der Waals surface area contributed by atoms with Gasteiger partial charge in [-0.15, -0.1) is 4.79 Å². The van der Waals surface area contributed by atoms with Crippen LogP contribution in [0.15, 0.2) is 71.8 Å². The van der Waals surface area contributed by atoms with Gasteiger partial charge in [0.2, 0.25) is 0 Å². The first-order valence-corrected chi connectivity index (χ1v) is 52.5. The summed E-state index contributed by atoms with van der Waals surface area (Å²) in [7, 11) is 0. The van der Waals surface area contributed by atoms with Crippen molar-refractivity contribution < 1.29 is 19.2 Å². The predicted octanol–water partition coefficient (Wildman–Crippen LogP) is 39.2. The Kier molecular flexibility index (Phi) is 87.8. The number of nitrogens with zero attached hydrogens (tertiary/aromatic N) is 2. The molecule has 0 saturated heterocycles. The molecule has 648 valence electrons. The van der Waals surface area contributed by atoms with Gasteiger partial charge in [0.1, 0.15) is 0 Å². The Hall–Kier alpha value is -2.43. The van der Waals surface area contributed by atoms with Crippen LogP contribution in [-0.4, -0.2) is 10.7 Å². The van der Waals surface area contributed by atoms with Crippen molar-refractivity contribution in [3.05, 3.63) is 99.6 Å². The van der Waals surface area contributed by atoms with Crippen LogP contribution in [0, 0.1) is 0 Å². The Morgan fingerprint density at radius 3 is 0.928 bits per heavy atom. The third-order valence-electron chi connectivity index (χ3n) is 24.4. The smallest absolute Gasteiger partial charge is 0.0654 e. The van der Waals surface area contributed by atoms with Crippen LogP contribution in [0.3, 0.4) is 0 Å². The molecular weight excluding hydrogens is 1380 g/mol.